The van der Waals surface area contributed by atoms with Gasteiger partial charge in [-0.3, -0.25) is 4.79 Å². The zero-order valence-electron chi connectivity index (χ0n) is 11.0. The van der Waals surface area contributed by atoms with Crippen LogP contribution in [-0.4, -0.2) is 17.7 Å². The highest BCUT2D eigenvalue weighted by Crippen LogP contribution is 2.10. The van der Waals surface area contributed by atoms with E-state index in [4.69, 9.17) is 0 Å². The van der Waals surface area contributed by atoms with Gasteiger partial charge in [-0.2, -0.15) is 0 Å². The minimum absolute atomic E-state index is 0.102. The Morgan fingerprint density at radius 1 is 1.28 bits per heavy atom. The maximum absolute atomic E-state index is 11.7. The maximum atomic E-state index is 11.7. The lowest BCUT2D eigenvalue weighted by molar-refractivity contribution is 0.511. The van der Waals surface area contributed by atoms with E-state index in [2.05, 4.69) is 16.8 Å². The third-order valence-electron chi connectivity index (χ3n) is 3.41. The van der Waals surface area contributed by atoms with Gasteiger partial charge >= 0.3 is 0 Å². The molecule has 0 fully saturated rings. The van der Waals surface area contributed by atoms with E-state index in [1.54, 1.807) is 6.07 Å². The van der Waals surface area contributed by atoms with Gasteiger partial charge < -0.3 is 9.88 Å². The first-order valence-electron chi connectivity index (χ1n) is 6.48. The summed E-state index contributed by atoms with van der Waals surface area (Å²) in [6, 6.07) is 9.99. The lowest BCUT2D eigenvalue weighted by Crippen LogP contribution is -2.21. The number of nitrogens with zero attached hydrogens (tertiary/aromatic N) is 1. The average molecular weight is 244 g/mol. The summed E-state index contributed by atoms with van der Waals surface area (Å²) < 4.78 is 2.17. The van der Waals surface area contributed by atoms with Gasteiger partial charge in [0.1, 0.15) is 0 Å². The van der Waals surface area contributed by atoms with Crippen LogP contribution in [0.2, 0.25) is 0 Å². The van der Waals surface area contributed by atoms with Crippen LogP contribution in [0.3, 0.4) is 0 Å². The Labute approximate surface area is 107 Å². The second-order valence-electron chi connectivity index (χ2n) is 4.72. The number of hydrogen-bond acceptors (Lipinski definition) is 2. The Bertz CT molecular complexity index is 574. The van der Waals surface area contributed by atoms with Crippen LogP contribution in [0, 0.1) is 0 Å². The predicted octanol–water partition coefficient (Wildman–Crippen LogP) is 2.39. The lowest BCUT2D eigenvalue weighted by Gasteiger charge is -2.13. The maximum Gasteiger partial charge on any atom is 0.189 e. The molecule has 3 nitrogen and oxygen atoms in total. The predicted molar refractivity (Wildman–Crippen MR) is 76.0 cm³/mol. The summed E-state index contributed by atoms with van der Waals surface area (Å²) in [5.74, 6) is 0. The van der Waals surface area contributed by atoms with Crippen LogP contribution < -0.4 is 10.7 Å². The molecule has 2 rings (SSSR count). The highest BCUT2D eigenvalue weighted by Gasteiger charge is 2.02. The summed E-state index contributed by atoms with van der Waals surface area (Å²) >= 11 is 0. The Morgan fingerprint density at radius 2 is 2.06 bits per heavy atom. The molecular formula is C15H20N2O. The Balaban J connectivity index is 2.19. The molecule has 18 heavy (non-hydrogen) atoms. The van der Waals surface area contributed by atoms with E-state index in [0.717, 1.165) is 30.3 Å². The second kappa shape index (κ2) is 5.83. The summed E-state index contributed by atoms with van der Waals surface area (Å²) in [4.78, 5) is 11.7. The molecule has 3 heteroatoms. The van der Waals surface area contributed by atoms with E-state index in [-0.39, 0.29) is 5.43 Å². The quantitative estimate of drug-likeness (QED) is 0.876. The van der Waals surface area contributed by atoms with Crippen molar-refractivity contribution in [3.05, 3.63) is 46.8 Å². The molecule has 0 bridgehead atoms. The van der Waals surface area contributed by atoms with Crippen molar-refractivity contribution in [3.63, 3.8) is 0 Å². The van der Waals surface area contributed by atoms with Crippen molar-refractivity contribution in [3.8, 4) is 0 Å². The number of aromatic nitrogens is 1. The van der Waals surface area contributed by atoms with Gasteiger partial charge in [0.2, 0.25) is 0 Å². The van der Waals surface area contributed by atoms with Gasteiger partial charge in [0, 0.05) is 30.2 Å². The van der Waals surface area contributed by atoms with Crippen LogP contribution in [0.4, 0.5) is 0 Å². The molecular weight excluding hydrogens is 224 g/mol. The van der Waals surface area contributed by atoms with Crippen LogP contribution in [0.5, 0.6) is 0 Å². The molecule has 0 saturated carbocycles. The van der Waals surface area contributed by atoms with Crippen molar-refractivity contribution in [1.29, 1.82) is 0 Å². The second-order valence-corrected chi connectivity index (χ2v) is 4.72. The van der Waals surface area contributed by atoms with Gasteiger partial charge in [-0.1, -0.05) is 12.1 Å². The number of benzene rings is 1. The Hall–Kier alpha value is -1.61. The van der Waals surface area contributed by atoms with E-state index >= 15 is 0 Å². The van der Waals surface area contributed by atoms with Crippen molar-refractivity contribution in [2.45, 2.75) is 32.4 Å². The smallest absolute Gasteiger partial charge is 0.189 e. The van der Waals surface area contributed by atoms with Crippen molar-refractivity contribution in [2.24, 2.45) is 0 Å². The number of pyridine rings is 1. The first kappa shape index (κ1) is 12.8. The zero-order chi connectivity index (χ0) is 13.0. The van der Waals surface area contributed by atoms with Crippen LogP contribution in [0.25, 0.3) is 10.9 Å². The Kier molecular flexibility index (Phi) is 4.15. The average Bonchev–Trinajstić information content (AvgIpc) is 2.41. The highest BCUT2D eigenvalue weighted by atomic mass is 16.1. The molecule has 1 unspecified atom stereocenters. The molecule has 96 valence electrons. The monoisotopic (exact) mass is 244 g/mol. The molecule has 1 N–H and O–H groups in total. The number of rotatable bonds is 5. The van der Waals surface area contributed by atoms with E-state index < -0.39 is 0 Å². The SMILES string of the molecule is CNC(C)CCCn1ccc(=O)c2ccccc21. The van der Waals surface area contributed by atoms with Gasteiger partial charge in [-0.25, -0.2) is 0 Å². The molecule has 0 radical (unpaired) electrons. The number of fused-ring (bicyclic) bond motifs is 1. The van der Waals surface area contributed by atoms with Crippen LogP contribution in [-0.2, 0) is 6.54 Å². The highest BCUT2D eigenvalue weighted by molar-refractivity contribution is 5.78. The molecule has 0 aliphatic rings. The van der Waals surface area contributed by atoms with Gasteiger partial charge in [0.15, 0.2) is 5.43 Å². The van der Waals surface area contributed by atoms with E-state index in [9.17, 15) is 4.79 Å². The van der Waals surface area contributed by atoms with E-state index in [1.807, 2.05) is 37.5 Å². The van der Waals surface area contributed by atoms with Crippen molar-refractivity contribution in [2.75, 3.05) is 7.05 Å². The van der Waals surface area contributed by atoms with Crippen LogP contribution in [0.1, 0.15) is 19.8 Å². The molecule has 0 aliphatic heterocycles. The minimum atomic E-state index is 0.102. The van der Waals surface area contributed by atoms with Crippen LogP contribution in [0.15, 0.2) is 41.3 Å². The van der Waals surface area contributed by atoms with Crippen molar-refractivity contribution < 1.29 is 0 Å². The van der Waals surface area contributed by atoms with E-state index in [1.165, 1.54) is 0 Å². The number of nitrogens with one attached hydrogen (secondary N) is 1. The standard InChI is InChI=1S/C15H20N2O/c1-12(16-2)6-5-10-17-11-9-15(18)13-7-3-4-8-14(13)17/h3-4,7-9,11-12,16H,5-6,10H2,1-2H3. The summed E-state index contributed by atoms with van der Waals surface area (Å²) in [5, 5.41) is 4.05. The van der Waals surface area contributed by atoms with Crippen molar-refractivity contribution in [1.82, 2.24) is 9.88 Å². The molecule has 0 spiro atoms. The topological polar surface area (TPSA) is 34.0 Å². The first-order chi connectivity index (χ1) is 8.72. The summed E-state index contributed by atoms with van der Waals surface area (Å²) in [7, 11) is 1.99. The minimum Gasteiger partial charge on any atom is -0.347 e. The summed E-state index contributed by atoms with van der Waals surface area (Å²) in [6.07, 6.45) is 4.14. The van der Waals surface area contributed by atoms with Gasteiger partial charge in [0.25, 0.3) is 0 Å². The normalized spacial score (nSPS) is 12.8. The van der Waals surface area contributed by atoms with Crippen LogP contribution >= 0.6 is 0 Å². The largest absolute Gasteiger partial charge is 0.347 e. The third kappa shape index (κ3) is 2.79. The van der Waals surface area contributed by atoms with Crippen molar-refractivity contribution >= 4 is 10.9 Å². The zero-order valence-corrected chi connectivity index (χ0v) is 11.0. The molecule has 0 amide bonds. The molecule has 1 aromatic heterocycles. The summed E-state index contributed by atoms with van der Waals surface area (Å²) in [6.45, 7) is 3.14. The fraction of sp³-hybridized carbons (Fsp3) is 0.400. The number of hydrogen-bond donors (Lipinski definition) is 1. The fourth-order valence-corrected chi connectivity index (χ4v) is 2.17. The number of para-hydroxylation sites is 1. The van der Waals surface area contributed by atoms with Gasteiger partial charge in [-0.15, -0.1) is 0 Å². The number of aryl methyl sites for hydroxylation is 1. The summed E-state index contributed by atoms with van der Waals surface area (Å²) in [5.41, 5.74) is 1.13. The van der Waals surface area contributed by atoms with E-state index in [0.29, 0.717) is 6.04 Å². The third-order valence-corrected chi connectivity index (χ3v) is 3.41. The first-order valence-corrected chi connectivity index (χ1v) is 6.48. The Morgan fingerprint density at radius 3 is 2.83 bits per heavy atom. The molecule has 1 heterocycles. The molecule has 1 atom stereocenters. The molecule has 1 aromatic carbocycles. The fourth-order valence-electron chi connectivity index (χ4n) is 2.17. The lowest BCUT2D eigenvalue weighted by atomic mass is 10.1. The molecule has 0 aliphatic carbocycles. The molecule has 0 saturated heterocycles. The molecule has 2 aromatic rings. The van der Waals surface area contributed by atoms with Gasteiger partial charge in [0.05, 0.1) is 5.52 Å². The van der Waals surface area contributed by atoms with Gasteiger partial charge in [-0.05, 0) is 38.9 Å².